The van der Waals surface area contributed by atoms with Gasteiger partial charge in [-0.15, -0.1) is 0 Å². The lowest BCUT2D eigenvalue weighted by molar-refractivity contribution is 0.340. The fourth-order valence-corrected chi connectivity index (χ4v) is 2.76. The second-order valence-corrected chi connectivity index (χ2v) is 4.64. The molecule has 2 aliphatic rings. The number of nitrogens with zero attached hydrogens (tertiary/aromatic N) is 2. The Balaban J connectivity index is 1.80. The molecule has 0 saturated carbocycles. The molecule has 0 radical (unpaired) electrons. The summed E-state index contributed by atoms with van der Waals surface area (Å²) in [6.45, 7) is 3.12. The number of nitrogens with one attached hydrogen (secondary N) is 2. The van der Waals surface area contributed by atoms with E-state index in [1.54, 1.807) is 6.07 Å². The summed E-state index contributed by atoms with van der Waals surface area (Å²) in [6.07, 6.45) is 4.03. The van der Waals surface area contributed by atoms with Crippen molar-refractivity contribution in [2.45, 2.75) is 18.9 Å². The lowest BCUT2D eigenvalue weighted by Crippen LogP contribution is -2.40. The van der Waals surface area contributed by atoms with Gasteiger partial charge in [-0.25, -0.2) is 4.98 Å². The van der Waals surface area contributed by atoms with E-state index < -0.39 is 0 Å². The fraction of sp³-hybridized carbons (Fsp3) is 0.636. The van der Waals surface area contributed by atoms with Crippen LogP contribution < -0.4 is 15.8 Å². The fourth-order valence-electron chi connectivity index (χ4n) is 2.76. The van der Waals surface area contributed by atoms with E-state index in [-0.39, 0.29) is 5.56 Å². The summed E-state index contributed by atoms with van der Waals surface area (Å²) >= 11 is 0. The molecule has 0 aromatic carbocycles. The van der Waals surface area contributed by atoms with Gasteiger partial charge in [0.15, 0.2) is 0 Å². The predicted molar refractivity (Wildman–Crippen MR) is 61.6 cm³/mol. The van der Waals surface area contributed by atoms with Gasteiger partial charge in [-0.2, -0.15) is 0 Å². The van der Waals surface area contributed by atoms with Crippen LogP contribution in [0.25, 0.3) is 0 Å². The van der Waals surface area contributed by atoms with E-state index in [0.29, 0.717) is 6.04 Å². The highest BCUT2D eigenvalue weighted by atomic mass is 16.1. The predicted octanol–water partition coefficient (Wildman–Crippen LogP) is -0.0419. The lowest BCUT2D eigenvalue weighted by atomic mass is 9.94. The zero-order chi connectivity index (χ0) is 11.0. The highest BCUT2D eigenvalue weighted by Crippen LogP contribution is 2.27. The second kappa shape index (κ2) is 3.90. The molecule has 1 aromatic heterocycles. The van der Waals surface area contributed by atoms with Crippen LogP contribution in [0.4, 0.5) is 5.82 Å². The van der Waals surface area contributed by atoms with Crippen molar-refractivity contribution in [3.63, 3.8) is 0 Å². The minimum atomic E-state index is -0.0761. The third-order valence-corrected chi connectivity index (χ3v) is 3.59. The molecular formula is C11H16N4O. The van der Waals surface area contributed by atoms with Gasteiger partial charge < -0.3 is 15.2 Å². The molecule has 0 aliphatic carbocycles. The van der Waals surface area contributed by atoms with E-state index in [9.17, 15) is 4.79 Å². The van der Waals surface area contributed by atoms with Crippen molar-refractivity contribution in [1.29, 1.82) is 0 Å². The first kappa shape index (κ1) is 9.84. The molecule has 86 valence electrons. The van der Waals surface area contributed by atoms with Gasteiger partial charge >= 0.3 is 0 Å². The van der Waals surface area contributed by atoms with Crippen LogP contribution in [0.1, 0.15) is 12.8 Å². The molecule has 2 saturated heterocycles. The minimum Gasteiger partial charge on any atom is -0.354 e. The van der Waals surface area contributed by atoms with Crippen molar-refractivity contribution in [3.8, 4) is 0 Å². The Hall–Kier alpha value is -1.36. The van der Waals surface area contributed by atoms with Crippen molar-refractivity contribution in [3.05, 3.63) is 22.7 Å². The summed E-state index contributed by atoms with van der Waals surface area (Å²) in [7, 11) is 0. The molecule has 5 heteroatoms. The first-order chi connectivity index (χ1) is 7.83. The largest absolute Gasteiger partial charge is 0.354 e. The van der Waals surface area contributed by atoms with Gasteiger partial charge in [-0.05, 0) is 25.3 Å². The summed E-state index contributed by atoms with van der Waals surface area (Å²) in [5, 5.41) is 3.54. The number of anilines is 1. The van der Waals surface area contributed by atoms with Crippen LogP contribution in [0.2, 0.25) is 0 Å². The molecule has 16 heavy (non-hydrogen) atoms. The number of aromatic nitrogens is 2. The van der Waals surface area contributed by atoms with E-state index >= 15 is 0 Å². The van der Waals surface area contributed by atoms with Crippen LogP contribution in [0.15, 0.2) is 17.2 Å². The van der Waals surface area contributed by atoms with E-state index in [2.05, 4.69) is 20.2 Å². The van der Waals surface area contributed by atoms with Gasteiger partial charge in [-0.3, -0.25) is 4.79 Å². The normalized spacial score (nSPS) is 29.1. The van der Waals surface area contributed by atoms with Crippen molar-refractivity contribution >= 4 is 5.82 Å². The van der Waals surface area contributed by atoms with E-state index in [0.717, 1.165) is 31.4 Å². The molecule has 1 aromatic rings. The average molecular weight is 220 g/mol. The van der Waals surface area contributed by atoms with Crippen LogP contribution in [0.3, 0.4) is 0 Å². The Bertz CT molecular complexity index is 416. The second-order valence-electron chi connectivity index (χ2n) is 4.64. The van der Waals surface area contributed by atoms with Crippen molar-refractivity contribution < 1.29 is 0 Å². The molecule has 0 bridgehead atoms. The topological polar surface area (TPSA) is 61.0 Å². The van der Waals surface area contributed by atoms with Crippen LogP contribution in [-0.2, 0) is 0 Å². The number of hydrogen-bond donors (Lipinski definition) is 2. The van der Waals surface area contributed by atoms with Crippen LogP contribution in [0, 0.1) is 5.92 Å². The van der Waals surface area contributed by atoms with E-state index in [1.807, 2.05) is 0 Å². The van der Waals surface area contributed by atoms with E-state index in [1.165, 1.54) is 19.2 Å². The average Bonchev–Trinajstić information content (AvgIpc) is 2.72. The molecule has 3 heterocycles. The standard InChI is InChI=1S/C11H16N4O/c16-11-4-10(13-7-14-11)15-5-8-2-1-3-12-9(8)6-15/h4,7-9,12H,1-3,5-6H2,(H,13,14,16). The zero-order valence-electron chi connectivity index (χ0n) is 9.15. The monoisotopic (exact) mass is 220 g/mol. The number of piperidine rings is 1. The molecule has 0 spiro atoms. The van der Waals surface area contributed by atoms with Crippen molar-refractivity contribution in [2.24, 2.45) is 5.92 Å². The summed E-state index contributed by atoms with van der Waals surface area (Å²) in [6, 6.07) is 2.16. The summed E-state index contributed by atoms with van der Waals surface area (Å²) in [5.74, 6) is 1.52. The molecule has 5 nitrogen and oxygen atoms in total. The lowest BCUT2D eigenvalue weighted by Gasteiger charge is -2.24. The molecule has 2 aliphatic heterocycles. The summed E-state index contributed by atoms with van der Waals surface area (Å²) in [4.78, 5) is 20.2. The quantitative estimate of drug-likeness (QED) is 0.697. The molecular weight excluding hydrogens is 204 g/mol. The maximum Gasteiger partial charge on any atom is 0.252 e. The first-order valence-electron chi connectivity index (χ1n) is 5.86. The van der Waals surface area contributed by atoms with Gasteiger partial charge in [0, 0.05) is 25.2 Å². The number of fused-ring (bicyclic) bond motifs is 1. The Morgan fingerprint density at radius 1 is 1.44 bits per heavy atom. The maximum absolute atomic E-state index is 11.2. The van der Waals surface area contributed by atoms with Gasteiger partial charge in [-0.1, -0.05) is 0 Å². The van der Waals surface area contributed by atoms with Gasteiger partial charge in [0.25, 0.3) is 5.56 Å². The molecule has 2 fully saturated rings. The summed E-state index contributed by atoms with van der Waals surface area (Å²) in [5.41, 5.74) is -0.0761. The Morgan fingerprint density at radius 3 is 3.19 bits per heavy atom. The SMILES string of the molecule is O=c1cc(N2CC3CCCNC3C2)nc[nH]1. The zero-order valence-corrected chi connectivity index (χ0v) is 9.15. The molecule has 2 N–H and O–H groups in total. The van der Waals surface area contributed by atoms with Gasteiger partial charge in [0.05, 0.1) is 6.33 Å². The highest BCUT2D eigenvalue weighted by Gasteiger charge is 2.34. The highest BCUT2D eigenvalue weighted by molar-refractivity contribution is 5.39. The first-order valence-corrected chi connectivity index (χ1v) is 5.86. The number of H-pyrrole nitrogens is 1. The van der Waals surface area contributed by atoms with Gasteiger partial charge in [0.1, 0.15) is 5.82 Å². The van der Waals surface area contributed by atoms with Crippen LogP contribution >= 0.6 is 0 Å². The molecule has 0 amide bonds. The third-order valence-electron chi connectivity index (χ3n) is 3.59. The Labute approximate surface area is 93.9 Å². The third kappa shape index (κ3) is 1.71. The minimum absolute atomic E-state index is 0.0761. The van der Waals surface area contributed by atoms with Crippen LogP contribution in [-0.4, -0.2) is 35.6 Å². The van der Waals surface area contributed by atoms with Crippen molar-refractivity contribution in [1.82, 2.24) is 15.3 Å². The molecule has 3 rings (SSSR count). The Kier molecular flexibility index (Phi) is 2.40. The molecule has 2 unspecified atom stereocenters. The van der Waals surface area contributed by atoms with E-state index in [4.69, 9.17) is 0 Å². The number of rotatable bonds is 1. The maximum atomic E-state index is 11.2. The molecule has 2 atom stereocenters. The smallest absolute Gasteiger partial charge is 0.252 e. The van der Waals surface area contributed by atoms with Gasteiger partial charge in [0.2, 0.25) is 0 Å². The van der Waals surface area contributed by atoms with Crippen LogP contribution in [0.5, 0.6) is 0 Å². The summed E-state index contributed by atoms with van der Waals surface area (Å²) < 4.78 is 0. The number of aromatic amines is 1. The number of hydrogen-bond acceptors (Lipinski definition) is 4. The Morgan fingerprint density at radius 2 is 2.38 bits per heavy atom. The van der Waals surface area contributed by atoms with Crippen molar-refractivity contribution in [2.75, 3.05) is 24.5 Å².